The first-order valence-corrected chi connectivity index (χ1v) is 7.95. The van der Waals surface area contributed by atoms with Gasteiger partial charge in [0.1, 0.15) is 17.3 Å². The van der Waals surface area contributed by atoms with Crippen LogP contribution >= 0.6 is 0 Å². The average Bonchev–Trinajstić information content (AvgIpc) is 2.68. The molecule has 0 aliphatic heterocycles. The summed E-state index contributed by atoms with van der Waals surface area (Å²) in [5.74, 6) is -4.82. The number of anilines is 3. The summed E-state index contributed by atoms with van der Waals surface area (Å²) in [6.07, 6.45) is 0. The molecular formula is C19H12F3N5O. The van der Waals surface area contributed by atoms with Crippen molar-refractivity contribution < 1.29 is 18.0 Å². The van der Waals surface area contributed by atoms with E-state index in [2.05, 4.69) is 20.6 Å². The Balaban J connectivity index is 1.83. The van der Waals surface area contributed by atoms with Crippen molar-refractivity contribution in [3.63, 3.8) is 0 Å². The fourth-order valence-electron chi connectivity index (χ4n) is 2.33. The van der Waals surface area contributed by atoms with Crippen LogP contribution < -0.4 is 10.6 Å². The van der Waals surface area contributed by atoms with Gasteiger partial charge in [-0.15, -0.1) is 0 Å². The lowest BCUT2D eigenvalue weighted by molar-refractivity contribution is 0.102. The molecule has 140 valence electrons. The van der Waals surface area contributed by atoms with Gasteiger partial charge in [0.15, 0.2) is 17.5 Å². The van der Waals surface area contributed by atoms with Gasteiger partial charge in [0.2, 0.25) is 0 Å². The Labute approximate surface area is 157 Å². The third-order valence-electron chi connectivity index (χ3n) is 3.64. The summed E-state index contributed by atoms with van der Waals surface area (Å²) in [6, 6.07) is 11.5. The normalized spacial score (nSPS) is 10.2. The summed E-state index contributed by atoms with van der Waals surface area (Å²) in [4.78, 5) is 20.5. The fourth-order valence-corrected chi connectivity index (χ4v) is 2.33. The number of aromatic nitrogens is 2. The van der Waals surface area contributed by atoms with Gasteiger partial charge in [-0.05, 0) is 43.3 Å². The Morgan fingerprint density at radius 2 is 1.75 bits per heavy atom. The summed E-state index contributed by atoms with van der Waals surface area (Å²) < 4.78 is 40.1. The Hall–Kier alpha value is -3.93. The molecule has 0 unspecified atom stereocenters. The number of nitrogens with zero attached hydrogens (tertiary/aromatic N) is 3. The Morgan fingerprint density at radius 3 is 2.43 bits per heavy atom. The zero-order valence-electron chi connectivity index (χ0n) is 14.4. The van der Waals surface area contributed by atoms with Crippen LogP contribution in [0, 0.1) is 35.7 Å². The zero-order valence-corrected chi connectivity index (χ0v) is 14.4. The van der Waals surface area contributed by atoms with Crippen LogP contribution in [0.15, 0.2) is 42.5 Å². The van der Waals surface area contributed by atoms with Crippen molar-refractivity contribution in [2.45, 2.75) is 6.92 Å². The molecule has 1 amide bonds. The van der Waals surface area contributed by atoms with Crippen LogP contribution in [0.25, 0.3) is 0 Å². The lowest BCUT2D eigenvalue weighted by Crippen LogP contribution is -2.17. The van der Waals surface area contributed by atoms with E-state index in [1.54, 1.807) is 31.2 Å². The van der Waals surface area contributed by atoms with Crippen molar-refractivity contribution >= 4 is 23.1 Å². The highest BCUT2D eigenvalue weighted by Gasteiger charge is 2.17. The van der Waals surface area contributed by atoms with Crippen LogP contribution in [-0.2, 0) is 0 Å². The second-order valence-electron chi connectivity index (χ2n) is 5.68. The summed E-state index contributed by atoms with van der Waals surface area (Å²) in [5, 5.41) is 13.9. The monoisotopic (exact) mass is 383 g/mol. The number of nitriles is 1. The molecule has 0 aliphatic rings. The number of halogens is 3. The van der Waals surface area contributed by atoms with Crippen molar-refractivity contribution in [2.24, 2.45) is 0 Å². The summed E-state index contributed by atoms with van der Waals surface area (Å²) >= 11 is 0. The summed E-state index contributed by atoms with van der Waals surface area (Å²) in [5.41, 5.74) is 0.489. The van der Waals surface area contributed by atoms with Crippen LogP contribution in [-0.4, -0.2) is 15.9 Å². The largest absolute Gasteiger partial charge is 0.340 e. The van der Waals surface area contributed by atoms with Gasteiger partial charge in [-0.1, -0.05) is 0 Å². The predicted molar refractivity (Wildman–Crippen MR) is 95.5 cm³/mol. The molecule has 0 spiro atoms. The SMILES string of the molecule is Cc1nc(Nc2ccc(C#N)cc2)cc(C(=O)Nc2ccc(F)c(F)c2F)n1. The number of carbonyl (C=O) groups is 1. The van der Waals surface area contributed by atoms with E-state index < -0.39 is 29.0 Å². The molecule has 0 bridgehead atoms. The number of hydrogen-bond acceptors (Lipinski definition) is 5. The van der Waals surface area contributed by atoms with Gasteiger partial charge in [0.25, 0.3) is 5.91 Å². The maximum absolute atomic E-state index is 13.7. The summed E-state index contributed by atoms with van der Waals surface area (Å²) in [7, 11) is 0. The number of nitrogens with one attached hydrogen (secondary N) is 2. The van der Waals surface area contributed by atoms with Gasteiger partial charge < -0.3 is 10.6 Å². The Morgan fingerprint density at radius 1 is 1.04 bits per heavy atom. The van der Waals surface area contributed by atoms with Gasteiger partial charge in [-0.25, -0.2) is 23.1 Å². The minimum absolute atomic E-state index is 0.104. The van der Waals surface area contributed by atoms with Gasteiger partial charge in [0, 0.05) is 11.8 Å². The van der Waals surface area contributed by atoms with E-state index in [0.29, 0.717) is 17.3 Å². The van der Waals surface area contributed by atoms with Crippen LogP contribution in [0.1, 0.15) is 21.9 Å². The second kappa shape index (κ2) is 7.75. The number of carbonyl (C=O) groups excluding carboxylic acids is 1. The van der Waals surface area contributed by atoms with Crippen molar-refractivity contribution in [3.05, 3.63) is 77.0 Å². The van der Waals surface area contributed by atoms with Crippen LogP contribution in [0.3, 0.4) is 0 Å². The average molecular weight is 383 g/mol. The van der Waals surface area contributed by atoms with Gasteiger partial charge in [-0.2, -0.15) is 5.26 Å². The van der Waals surface area contributed by atoms with Crippen molar-refractivity contribution in [1.82, 2.24) is 9.97 Å². The number of benzene rings is 2. The van der Waals surface area contributed by atoms with E-state index in [0.717, 1.165) is 6.07 Å². The van der Waals surface area contributed by atoms with E-state index in [-0.39, 0.29) is 17.3 Å². The highest BCUT2D eigenvalue weighted by Crippen LogP contribution is 2.21. The molecule has 3 aromatic rings. The van der Waals surface area contributed by atoms with E-state index in [9.17, 15) is 18.0 Å². The first-order valence-electron chi connectivity index (χ1n) is 7.95. The van der Waals surface area contributed by atoms with Crippen molar-refractivity contribution in [3.8, 4) is 6.07 Å². The minimum atomic E-state index is -1.68. The second-order valence-corrected chi connectivity index (χ2v) is 5.68. The zero-order chi connectivity index (χ0) is 20.3. The minimum Gasteiger partial charge on any atom is -0.340 e. The number of rotatable bonds is 4. The van der Waals surface area contributed by atoms with Gasteiger partial charge in [0.05, 0.1) is 17.3 Å². The molecule has 1 aromatic heterocycles. The summed E-state index contributed by atoms with van der Waals surface area (Å²) in [6.45, 7) is 1.55. The molecular weight excluding hydrogens is 371 g/mol. The molecule has 9 heteroatoms. The van der Waals surface area contributed by atoms with E-state index in [4.69, 9.17) is 5.26 Å². The molecule has 0 aliphatic carbocycles. The topological polar surface area (TPSA) is 90.7 Å². The number of amides is 1. The third kappa shape index (κ3) is 4.07. The Kier molecular flexibility index (Phi) is 5.22. The van der Waals surface area contributed by atoms with Crippen LogP contribution in [0.2, 0.25) is 0 Å². The lowest BCUT2D eigenvalue weighted by Gasteiger charge is -2.10. The fraction of sp³-hybridized carbons (Fsp3) is 0.0526. The lowest BCUT2D eigenvalue weighted by atomic mass is 10.2. The molecule has 2 aromatic carbocycles. The van der Waals surface area contributed by atoms with E-state index in [1.165, 1.54) is 6.07 Å². The molecule has 0 saturated heterocycles. The molecule has 28 heavy (non-hydrogen) atoms. The quantitative estimate of drug-likeness (QED) is 0.663. The molecule has 0 saturated carbocycles. The molecule has 6 nitrogen and oxygen atoms in total. The van der Waals surface area contributed by atoms with E-state index >= 15 is 0 Å². The molecule has 3 rings (SSSR count). The van der Waals surface area contributed by atoms with Gasteiger partial charge >= 0.3 is 0 Å². The molecule has 0 radical (unpaired) electrons. The maximum atomic E-state index is 13.7. The third-order valence-corrected chi connectivity index (χ3v) is 3.64. The Bertz CT molecular complexity index is 1090. The molecule has 0 atom stereocenters. The first-order chi connectivity index (χ1) is 13.4. The van der Waals surface area contributed by atoms with Crippen molar-refractivity contribution in [1.29, 1.82) is 5.26 Å². The smallest absolute Gasteiger partial charge is 0.274 e. The number of aryl methyl sites for hydroxylation is 1. The number of hydrogen-bond donors (Lipinski definition) is 2. The first kappa shape index (κ1) is 18.8. The van der Waals surface area contributed by atoms with Crippen LogP contribution in [0.5, 0.6) is 0 Å². The molecule has 2 N–H and O–H groups in total. The molecule has 1 heterocycles. The van der Waals surface area contributed by atoms with E-state index in [1.807, 2.05) is 6.07 Å². The van der Waals surface area contributed by atoms with Crippen LogP contribution in [0.4, 0.5) is 30.4 Å². The maximum Gasteiger partial charge on any atom is 0.274 e. The highest BCUT2D eigenvalue weighted by molar-refractivity contribution is 6.03. The molecule has 0 fully saturated rings. The highest BCUT2D eigenvalue weighted by atomic mass is 19.2. The van der Waals surface area contributed by atoms with Gasteiger partial charge in [-0.3, -0.25) is 4.79 Å². The van der Waals surface area contributed by atoms with Crippen molar-refractivity contribution in [2.75, 3.05) is 10.6 Å². The standard InChI is InChI=1S/C19H12F3N5O/c1-10-24-15(19(28)27-14-7-6-13(20)17(21)18(14)22)8-16(25-10)26-12-4-2-11(9-23)3-5-12/h2-8H,1H3,(H,27,28)(H,24,25,26). The predicted octanol–water partition coefficient (Wildman–Crippen LogP) is 4.07.